The Labute approximate surface area is 203 Å². The lowest BCUT2D eigenvalue weighted by Gasteiger charge is -2.38. The maximum absolute atomic E-state index is 12.9. The van der Waals surface area contributed by atoms with E-state index < -0.39 is 29.6 Å². The molecule has 2 unspecified atom stereocenters. The molecule has 1 amide bonds. The lowest BCUT2D eigenvalue weighted by atomic mass is 9.74. The fourth-order valence-corrected chi connectivity index (χ4v) is 4.34. The summed E-state index contributed by atoms with van der Waals surface area (Å²) in [5, 5.41) is 0. The number of carbonyl (C=O) groups excluding carboxylic acids is 4. The summed E-state index contributed by atoms with van der Waals surface area (Å²) in [5.74, 6) is -0.471. The second-order valence-corrected chi connectivity index (χ2v) is 8.30. The summed E-state index contributed by atoms with van der Waals surface area (Å²) in [4.78, 5) is 49.7. The molecule has 9 nitrogen and oxygen atoms in total. The molecule has 3 rings (SSSR count). The standard InChI is InChI=1S/C26H29NO8/c1-7-24(31)27(8-2)25-26(6,21-14-19(33-16(4)29)10-12-23(21)35-25)20-13-18(32-15(3)28)9-11-22(20)34-17(5)30/h9-14,25H,7-8H2,1-6H3. The van der Waals surface area contributed by atoms with Gasteiger partial charge >= 0.3 is 17.9 Å². The molecule has 2 aromatic rings. The summed E-state index contributed by atoms with van der Waals surface area (Å²) < 4.78 is 22.4. The first-order valence-corrected chi connectivity index (χ1v) is 11.3. The first-order chi connectivity index (χ1) is 16.5. The van der Waals surface area contributed by atoms with Crippen LogP contribution in [-0.4, -0.2) is 41.5 Å². The van der Waals surface area contributed by atoms with Gasteiger partial charge in [0.15, 0.2) is 6.23 Å². The number of likely N-dealkylation sites (N-methyl/N-ethyl adjacent to an activating group) is 1. The predicted molar refractivity (Wildman–Crippen MR) is 125 cm³/mol. The van der Waals surface area contributed by atoms with Crippen molar-refractivity contribution in [3.05, 3.63) is 47.5 Å². The Kier molecular flexibility index (Phi) is 7.48. The number of amides is 1. The minimum absolute atomic E-state index is 0.137. The van der Waals surface area contributed by atoms with E-state index in [1.807, 2.05) is 13.8 Å². The SMILES string of the molecule is CCC(=O)N(CC)C1Oc2ccc(OC(C)=O)cc2C1(C)c1cc(OC(C)=O)ccc1OC(C)=O. The minimum Gasteiger partial charge on any atom is -0.469 e. The van der Waals surface area contributed by atoms with Crippen molar-refractivity contribution in [2.45, 2.75) is 59.6 Å². The summed E-state index contributed by atoms with van der Waals surface area (Å²) in [7, 11) is 0. The Balaban J connectivity index is 2.32. The van der Waals surface area contributed by atoms with Crippen molar-refractivity contribution >= 4 is 23.8 Å². The molecule has 0 bridgehead atoms. The average Bonchev–Trinajstić information content (AvgIpc) is 3.07. The van der Waals surface area contributed by atoms with E-state index in [-0.39, 0.29) is 23.8 Å². The van der Waals surface area contributed by atoms with E-state index in [4.69, 9.17) is 18.9 Å². The Bertz CT molecular complexity index is 1170. The zero-order valence-electron chi connectivity index (χ0n) is 20.7. The number of esters is 3. The maximum Gasteiger partial charge on any atom is 0.308 e. The number of ether oxygens (including phenoxy) is 4. The maximum atomic E-state index is 12.9. The normalized spacial score (nSPS) is 18.2. The monoisotopic (exact) mass is 483 g/mol. The number of carbonyl (C=O) groups is 4. The molecule has 0 aromatic heterocycles. The number of hydrogen-bond donors (Lipinski definition) is 0. The van der Waals surface area contributed by atoms with Crippen LogP contribution in [0.4, 0.5) is 0 Å². The molecule has 0 saturated heterocycles. The summed E-state index contributed by atoms with van der Waals surface area (Å²) in [5.41, 5.74) is -0.0395. The summed E-state index contributed by atoms with van der Waals surface area (Å²) in [6, 6.07) is 9.57. The Morgan fingerprint density at radius 3 is 1.91 bits per heavy atom. The van der Waals surface area contributed by atoms with Crippen LogP contribution in [0.25, 0.3) is 0 Å². The molecule has 1 aliphatic heterocycles. The predicted octanol–water partition coefficient (Wildman–Crippen LogP) is 3.75. The molecule has 0 saturated carbocycles. The van der Waals surface area contributed by atoms with Gasteiger partial charge in [0.25, 0.3) is 0 Å². The highest BCUT2D eigenvalue weighted by molar-refractivity contribution is 5.78. The highest BCUT2D eigenvalue weighted by Gasteiger charge is 2.52. The Hall–Kier alpha value is -3.88. The first-order valence-electron chi connectivity index (χ1n) is 11.3. The molecule has 2 aromatic carbocycles. The smallest absolute Gasteiger partial charge is 0.308 e. The van der Waals surface area contributed by atoms with Gasteiger partial charge in [-0.05, 0) is 50.2 Å². The lowest BCUT2D eigenvalue weighted by molar-refractivity contribution is -0.141. The number of nitrogens with zero attached hydrogens (tertiary/aromatic N) is 1. The molecular formula is C26H29NO8. The van der Waals surface area contributed by atoms with Crippen LogP contribution in [0.15, 0.2) is 36.4 Å². The largest absolute Gasteiger partial charge is 0.469 e. The number of hydrogen-bond acceptors (Lipinski definition) is 8. The third-order valence-electron chi connectivity index (χ3n) is 5.78. The Morgan fingerprint density at radius 1 is 0.857 bits per heavy atom. The van der Waals surface area contributed by atoms with E-state index in [9.17, 15) is 19.2 Å². The van der Waals surface area contributed by atoms with Crippen LogP contribution in [0, 0.1) is 0 Å². The lowest BCUT2D eigenvalue weighted by Crippen LogP contribution is -2.52. The van der Waals surface area contributed by atoms with E-state index in [0.717, 1.165) is 0 Å². The van der Waals surface area contributed by atoms with Gasteiger partial charge < -0.3 is 23.8 Å². The highest BCUT2D eigenvalue weighted by atomic mass is 16.5. The molecule has 0 radical (unpaired) electrons. The topological polar surface area (TPSA) is 108 Å². The van der Waals surface area contributed by atoms with Crippen LogP contribution in [0.3, 0.4) is 0 Å². The van der Waals surface area contributed by atoms with Crippen LogP contribution in [0.1, 0.15) is 59.1 Å². The van der Waals surface area contributed by atoms with Gasteiger partial charge in [-0.15, -0.1) is 0 Å². The van der Waals surface area contributed by atoms with Crippen molar-refractivity contribution in [3.63, 3.8) is 0 Å². The molecule has 9 heteroatoms. The van der Waals surface area contributed by atoms with Crippen LogP contribution >= 0.6 is 0 Å². The number of fused-ring (bicyclic) bond motifs is 1. The van der Waals surface area contributed by atoms with E-state index >= 15 is 0 Å². The minimum atomic E-state index is -1.10. The molecule has 0 fully saturated rings. The summed E-state index contributed by atoms with van der Waals surface area (Å²) in [6.07, 6.45) is -0.576. The second kappa shape index (κ2) is 10.2. The molecule has 0 spiro atoms. The number of rotatable bonds is 7. The van der Waals surface area contributed by atoms with Crippen molar-refractivity contribution in [1.82, 2.24) is 4.90 Å². The molecular weight excluding hydrogens is 454 g/mol. The first kappa shape index (κ1) is 25.7. The second-order valence-electron chi connectivity index (χ2n) is 8.30. The van der Waals surface area contributed by atoms with Crippen LogP contribution in [-0.2, 0) is 24.6 Å². The van der Waals surface area contributed by atoms with Crippen molar-refractivity contribution in [1.29, 1.82) is 0 Å². The molecule has 35 heavy (non-hydrogen) atoms. The third kappa shape index (κ3) is 5.13. The van der Waals surface area contributed by atoms with Crippen LogP contribution in [0.2, 0.25) is 0 Å². The Morgan fingerprint density at radius 2 is 1.40 bits per heavy atom. The van der Waals surface area contributed by atoms with Crippen molar-refractivity contribution < 1.29 is 38.1 Å². The van der Waals surface area contributed by atoms with Crippen molar-refractivity contribution in [3.8, 4) is 23.0 Å². The van der Waals surface area contributed by atoms with Gasteiger partial charge in [0.05, 0.1) is 5.41 Å². The fraction of sp³-hybridized carbons (Fsp3) is 0.385. The van der Waals surface area contributed by atoms with Gasteiger partial charge in [0, 0.05) is 44.9 Å². The van der Waals surface area contributed by atoms with Gasteiger partial charge in [0.1, 0.15) is 23.0 Å². The van der Waals surface area contributed by atoms with Crippen LogP contribution < -0.4 is 18.9 Å². The van der Waals surface area contributed by atoms with Gasteiger partial charge in [0.2, 0.25) is 5.91 Å². The van der Waals surface area contributed by atoms with Crippen molar-refractivity contribution in [2.75, 3.05) is 6.54 Å². The van der Waals surface area contributed by atoms with Gasteiger partial charge in [-0.1, -0.05) is 6.92 Å². The van der Waals surface area contributed by atoms with Crippen LogP contribution in [0.5, 0.6) is 23.0 Å². The summed E-state index contributed by atoms with van der Waals surface area (Å²) in [6.45, 7) is 9.65. The zero-order chi connectivity index (χ0) is 25.9. The number of benzene rings is 2. The van der Waals surface area contributed by atoms with Crippen molar-refractivity contribution in [2.24, 2.45) is 0 Å². The quantitative estimate of drug-likeness (QED) is 0.433. The molecule has 186 valence electrons. The van der Waals surface area contributed by atoms with E-state index in [0.29, 0.717) is 29.2 Å². The van der Waals surface area contributed by atoms with E-state index in [1.54, 1.807) is 36.1 Å². The van der Waals surface area contributed by atoms with Gasteiger partial charge in [-0.3, -0.25) is 19.2 Å². The molecule has 0 aliphatic carbocycles. The molecule has 0 N–H and O–H groups in total. The zero-order valence-corrected chi connectivity index (χ0v) is 20.7. The molecule has 1 heterocycles. The summed E-state index contributed by atoms with van der Waals surface area (Å²) >= 11 is 0. The molecule has 1 aliphatic rings. The average molecular weight is 484 g/mol. The van der Waals surface area contributed by atoms with E-state index in [1.165, 1.54) is 32.9 Å². The highest BCUT2D eigenvalue weighted by Crippen LogP contribution is 2.52. The third-order valence-corrected chi connectivity index (χ3v) is 5.78. The van der Waals surface area contributed by atoms with Gasteiger partial charge in [-0.2, -0.15) is 0 Å². The fourth-order valence-electron chi connectivity index (χ4n) is 4.34. The van der Waals surface area contributed by atoms with E-state index in [2.05, 4.69) is 0 Å². The molecule has 2 atom stereocenters. The van der Waals surface area contributed by atoms with Gasteiger partial charge in [-0.25, -0.2) is 0 Å².